The second-order valence-corrected chi connectivity index (χ2v) is 4.81. The Labute approximate surface area is 105 Å². The van der Waals surface area contributed by atoms with Gasteiger partial charge in [-0.3, -0.25) is 0 Å². The first-order valence-electron chi connectivity index (χ1n) is 4.52. The SMILES string of the molecule is CCCNc1c(Br)cc(Br)cc1C(=O)O. The highest BCUT2D eigenvalue weighted by atomic mass is 79.9. The Morgan fingerprint density at radius 2 is 2.13 bits per heavy atom. The molecule has 5 heteroatoms. The molecule has 82 valence electrons. The smallest absolute Gasteiger partial charge is 0.337 e. The van der Waals surface area contributed by atoms with Crippen molar-refractivity contribution in [2.45, 2.75) is 13.3 Å². The third kappa shape index (κ3) is 3.21. The number of hydrogen-bond acceptors (Lipinski definition) is 2. The topological polar surface area (TPSA) is 49.3 Å². The van der Waals surface area contributed by atoms with E-state index in [4.69, 9.17) is 5.11 Å². The molecule has 0 unspecified atom stereocenters. The lowest BCUT2D eigenvalue weighted by molar-refractivity contribution is 0.0698. The van der Waals surface area contributed by atoms with Crippen molar-refractivity contribution in [3.8, 4) is 0 Å². The summed E-state index contributed by atoms with van der Waals surface area (Å²) < 4.78 is 1.50. The van der Waals surface area contributed by atoms with Crippen LogP contribution in [0.25, 0.3) is 0 Å². The van der Waals surface area contributed by atoms with Crippen LogP contribution in [0.15, 0.2) is 21.1 Å². The Bertz CT molecular complexity index is 380. The fourth-order valence-electron chi connectivity index (χ4n) is 1.17. The summed E-state index contributed by atoms with van der Waals surface area (Å²) in [5, 5.41) is 12.1. The Morgan fingerprint density at radius 3 is 2.67 bits per heavy atom. The number of anilines is 1. The number of halogens is 2. The first kappa shape index (κ1) is 12.5. The van der Waals surface area contributed by atoms with E-state index in [1.165, 1.54) is 0 Å². The van der Waals surface area contributed by atoms with Gasteiger partial charge < -0.3 is 10.4 Å². The summed E-state index contributed by atoms with van der Waals surface area (Å²) in [5.74, 6) is -0.935. The molecule has 0 aliphatic heterocycles. The largest absolute Gasteiger partial charge is 0.478 e. The predicted octanol–water partition coefficient (Wildman–Crippen LogP) is 3.73. The Kier molecular flexibility index (Phi) is 4.60. The van der Waals surface area contributed by atoms with Crippen molar-refractivity contribution in [1.29, 1.82) is 0 Å². The van der Waals surface area contributed by atoms with Crippen LogP contribution in [0.2, 0.25) is 0 Å². The van der Waals surface area contributed by atoms with Crippen molar-refractivity contribution < 1.29 is 9.90 Å². The summed E-state index contributed by atoms with van der Waals surface area (Å²) in [6, 6.07) is 3.41. The molecule has 0 heterocycles. The maximum absolute atomic E-state index is 11.0. The number of nitrogens with one attached hydrogen (secondary N) is 1. The molecule has 0 fully saturated rings. The molecule has 0 aliphatic carbocycles. The molecule has 15 heavy (non-hydrogen) atoms. The van der Waals surface area contributed by atoms with E-state index in [2.05, 4.69) is 37.2 Å². The molecule has 1 rings (SSSR count). The van der Waals surface area contributed by atoms with Crippen molar-refractivity contribution >= 4 is 43.5 Å². The highest BCUT2D eigenvalue weighted by Gasteiger charge is 2.13. The van der Waals surface area contributed by atoms with E-state index in [0.717, 1.165) is 21.9 Å². The lowest BCUT2D eigenvalue weighted by Crippen LogP contribution is -2.07. The number of hydrogen-bond donors (Lipinski definition) is 2. The van der Waals surface area contributed by atoms with Gasteiger partial charge in [-0.2, -0.15) is 0 Å². The molecule has 2 N–H and O–H groups in total. The zero-order chi connectivity index (χ0) is 11.4. The molecule has 0 atom stereocenters. The standard InChI is InChI=1S/C10H11Br2NO2/c1-2-3-13-9-7(10(14)15)4-6(11)5-8(9)12/h4-5,13H,2-3H2,1H3,(H,14,15). The molecule has 0 bridgehead atoms. The van der Waals surface area contributed by atoms with Crippen LogP contribution in [-0.2, 0) is 0 Å². The summed E-state index contributed by atoms with van der Waals surface area (Å²) in [6.45, 7) is 2.78. The average molecular weight is 337 g/mol. The number of carboxylic acids is 1. The van der Waals surface area contributed by atoms with E-state index in [1.807, 2.05) is 13.0 Å². The minimum atomic E-state index is -0.935. The molecule has 0 aliphatic rings. The van der Waals surface area contributed by atoms with E-state index in [9.17, 15) is 4.79 Å². The van der Waals surface area contributed by atoms with E-state index >= 15 is 0 Å². The van der Waals surface area contributed by atoms with Crippen LogP contribution in [0.4, 0.5) is 5.69 Å². The molecule has 0 radical (unpaired) electrons. The predicted molar refractivity (Wildman–Crippen MR) is 67.6 cm³/mol. The molecule has 0 spiro atoms. The highest BCUT2D eigenvalue weighted by Crippen LogP contribution is 2.30. The van der Waals surface area contributed by atoms with E-state index in [-0.39, 0.29) is 5.56 Å². The number of carboxylic acid groups (broad SMARTS) is 1. The molecule has 1 aromatic carbocycles. The molecular weight excluding hydrogens is 326 g/mol. The van der Waals surface area contributed by atoms with Gasteiger partial charge in [0.05, 0.1) is 11.3 Å². The third-order valence-electron chi connectivity index (χ3n) is 1.84. The van der Waals surface area contributed by atoms with Crippen molar-refractivity contribution in [1.82, 2.24) is 0 Å². The molecule has 3 nitrogen and oxygen atoms in total. The van der Waals surface area contributed by atoms with Crippen molar-refractivity contribution in [3.05, 3.63) is 26.6 Å². The minimum absolute atomic E-state index is 0.268. The van der Waals surface area contributed by atoms with Crippen molar-refractivity contribution in [2.75, 3.05) is 11.9 Å². The minimum Gasteiger partial charge on any atom is -0.478 e. The van der Waals surface area contributed by atoms with Crippen LogP contribution >= 0.6 is 31.9 Å². The van der Waals surface area contributed by atoms with Crippen molar-refractivity contribution in [2.24, 2.45) is 0 Å². The number of aromatic carboxylic acids is 1. The van der Waals surface area contributed by atoms with Gasteiger partial charge in [0.25, 0.3) is 0 Å². The van der Waals surface area contributed by atoms with Crippen molar-refractivity contribution in [3.63, 3.8) is 0 Å². The fourth-order valence-corrected chi connectivity index (χ4v) is 2.54. The number of carbonyl (C=O) groups is 1. The monoisotopic (exact) mass is 335 g/mol. The summed E-state index contributed by atoms with van der Waals surface area (Å²) in [6.07, 6.45) is 0.946. The zero-order valence-corrected chi connectivity index (χ0v) is 11.4. The average Bonchev–Trinajstić information content (AvgIpc) is 2.15. The van der Waals surface area contributed by atoms with Gasteiger partial charge in [-0.05, 0) is 34.5 Å². The van der Waals surface area contributed by atoms with Gasteiger partial charge in [0.15, 0.2) is 0 Å². The van der Waals surface area contributed by atoms with E-state index < -0.39 is 5.97 Å². The molecule has 0 saturated carbocycles. The summed E-state index contributed by atoms with van der Waals surface area (Å²) >= 11 is 6.60. The first-order valence-corrected chi connectivity index (χ1v) is 6.11. The number of benzene rings is 1. The lowest BCUT2D eigenvalue weighted by atomic mass is 10.2. The summed E-state index contributed by atoms with van der Waals surface area (Å²) in [4.78, 5) is 11.0. The van der Waals surface area contributed by atoms with Gasteiger partial charge in [0, 0.05) is 15.5 Å². The molecule has 0 amide bonds. The second-order valence-electron chi connectivity index (χ2n) is 3.04. The van der Waals surface area contributed by atoms with Crippen LogP contribution in [0.1, 0.15) is 23.7 Å². The Balaban J connectivity index is 3.15. The van der Waals surface area contributed by atoms with E-state index in [1.54, 1.807) is 6.07 Å². The van der Waals surface area contributed by atoms with Crippen LogP contribution < -0.4 is 5.32 Å². The second kappa shape index (κ2) is 5.51. The Hall–Kier alpha value is -0.550. The maximum Gasteiger partial charge on any atom is 0.337 e. The number of rotatable bonds is 4. The van der Waals surface area contributed by atoms with Crippen LogP contribution in [0.3, 0.4) is 0 Å². The van der Waals surface area contributed by atoms with Gasteiger partial charge in [-0.1, -0.05) is 22.9 Å². The molecule has 1 aromatic rings. The molecule has 0 saturated heterocycles. The van der Waals surface area contributed by atoms with Gasteiger partial charge in [-0.15, -0.1) is 0 Å². The zero-order valence-electron chi connectivity index (χ0n) is 8.18. The van der Waals surface area contributed by atoms with Gasteiger partial charge in [-0.25, -0.2) is 4.79 Å². The quantitative estimate of drug-likeness (QED) is 0.880. The molecule has 0 aromatic heterocycles. The van der Waals surface area contributed by atoms with Crippen LogP contribution in [0.5, 0.6) is 0 Å². The van der Waals surface area contributed by atoms with Gasteiger partial charge in [0.2, 0.25) is 0 Å². The maximum atomic E-state index is 11.0. The van der Waals surface area contributed by atoms with E-state index in [0.29, 0.717) is 5.69 Å². The molecular formula is C10H11Br2NO2. The summed E-state index contributed by atoms with van der Waals surface area (Å²) in [5.41, 5.74) is 0.900. The van der Waals surface area contributed by atoms with Crippen LogP contribution in [0, 0.1) is 0 Å². The van der Waals surface area contributed by atoms with Gasteiger partial charge in [0.1, 0.15) is 0 Å². The van der Waals surface area contributed by atoms with Gasteiger partial charge >= 0.3 is 5.97 Å². The Morgan fingerprint density at radius 1 is 1.47 bits per heavy atom. The lowest BCUT2D eigenvalue weighted by Gasteiger charge is -2.11. The summed E-state index contributed by atoms with van der Waals surface area (Å²) in [7, 11) is 0. The van der Waals surface area contributed by atoms with Crippen LogP contribution in [-0.4, -0.2) is 17.6 Å². The first-order chi connectivity index (χ1) is 7.06. The third-order valence-corrected chi connectivity index (χ3v) is 2.92. The fraction of sp³-hybridized carbons (Fsp3) is 0.300. The highest BCUT2D eigenvalue weighted by molar-refractivity contribution is 9.11. The normalized spacial score (nSPS) is 10.1.